The largest absolute Gasteiger partial charge is 0.478 e. The molecule has 0 heterocycles. The number of hydrogen-bond donors (Lipinski definition) is 3. The van der Waals surface area contributed by atoms with Crippen molar-refractivity contribution in [3.05, 3.63) is 60.2 Å². The zero-order valence-electron chi connectivity index (χ0n) is 14.3. The summed E-state index contributed by atoms with van der Waals surface area (Å²) in [7, 11) is -3.59. The van der Waals surface area contributed by atoms with Gasteiger partial charge in [0.15, 0.2) is 0 Å². The molecule has 6 nitrogen and oxygen atoms in total. The van der Waals surface area contributed by atoms with Crippen molar-refractivity contribution in [2.75, 3.05) is 5.32 Å². The van der Waals surface area contributed by atoms with Crippen molar-refractivity contribution < 1.29 is 18.3 Å². The van der Waals surface area contributed by atoms with Gasteiger partial charge >= 0.3 is 5.97 Å². The number of carbonyl (C=O) groups is 1. The molecule has 0 amide bonds. The van der Waals surface area contributed by atoms with Crippen LogP contribution in [-0.4, -0.2) is 31.6 Å². The summed E-state index contributed by atoms with van der Waals surface area (Å²) < 4.78 is 28.1. The van der Waals surface area contributed by atoms with Gasteiger partial charge in [0.1, 0.15) is 0 Å². The Morgan fingerprint density at radius 2 is 1.65 bits per heavy atom. The van der Waals surface area contributed by atoms with Gasteiger partial charge in [-0.15, -0.1) is 0 Å². The fourth-order valence-electron chi connectivity index (χ4n) is 3.27. The SMILES string of the molecule is O=C(O)c1cccc(NC2CCCCC2NS(=O)(=O)c2ccccc2)c1. The molecule has 0 aliphatic heterocycles. The van der Waals surface area contributed by atoms with Gasteiger partial charge in [-0.05, 0) is 43.2 Å². The number of rotatable bonds is 6. The van der Waals surface area contributed by atoms with Crippen LogP contribution in [0.4, 0.5) is 5.69 Å². The molecular formula is C19H22N2O4S. The fourth-order valence-corrected chi connectivity index (χ4v) is 4.60. The molecule has 1 saturated carbocycles. The van der Waals surface area contributed by atoms with E-state index < -0.39 is 16.0 Å². The van der Waals surface area contributed by atoms with E-state index in [9.17, 15) is 13.2 Å². The quantitative estimate of drug-likeness (QED) is 0.722. The van der Waals surface area contributed by atoms with E-state index in [1.165, 1.54) is 6.07 Å². The molecule has 0 aromatic heterocycles. The molecule has 0 bridgehead atoms. The normalized spacial score (nSPS) is 20.5. The average molecular weight is 374 g/mol. The predicted octanol–water partition coefficient (Wildman–Crippen LogP) is 3.09. The highest BCUT2D eigenvalue weighted by atomic mass is 32.2. The van der Waals surface area contributed by atoms with Gasteiger partial charge in [-0.1, -0.05) is 37.1 Å². The maximum atomic E-state index is 12.6. The van der Waals surface area contributed by atoms with Crippen LogP contribution in [-0.2, 0) is 10.0 Å². The smallest absolute Gasteiger partial charge is 0.335 e. The van der Waals surface area contributed by atoms with Crippen LogP contribution in [0.5, 0.6) is 0 Å². The summed E-state index contributed by atoms with van der Waals surface area (Å²) in [4.78, 5) is 11.4. The first-order chi connectivity index (χ1) is 12.5. The second-order valence-electron chi connectivity index (χ2n) is 6.46. The van der Waals surface area contributed by atoms with Gasteiger partial charge < -0.3 is 10.4 Å². The van der Waals surface area contributed by atoms with E-state index in [-0.39, 0.29) is 22.5 Å². The lowest BCUT2D eigenvalue weighted by atomic mass is 9.91. The second-order valence-corrected chi connectivity index (χ2v) is 8.18. The van der Waals surface area contributed by atoms with Crippen molar-refractivity contribution in [2.24, 2.45) is 0 Å². The Kier molecular flexibility index (Phi) is 5.58. The third-order valence-electron chi connectivity index (χ3n) is 4.59. The van der Waals surface area contributed by atoms with Gasteiger partial charge in [-0.3, -0.25) is 0 Å². The minimum absolute atomic E-state index is 0.0914. The predicted molar refractivity (Wildman–Crippen MR) is 99.8 cm³/mol. The number of hydrogen-bond acceptors (Lipinski definition) is 4. The summed E-state index contributed by atoms with van der Waals surface area (Å²) in [5.74, 6) is -0.987. The van der Waals surface area contributed by atoms with Crippen molar-refractivity contribution in [3.8, 4) is 0 Å². The molecule has 1 aliphatic rings. The molecule has 0 saturated heterocycles. The number of carboxylic acid groups (broad SMARTS) is 1. The Balaban J connectivity index is 1.76. The zero-order chi connectivity index (χ0) is 18.6. The van der Waals surface area contributed by atoms with Gasteiger partial charge in [0.05, 0.1) is 10.5 Å². The summed E-state index contributed by atoms with van der Waals surface area (Å²) in [5, 5.41) is 12.4. The summed E-state index contributed by atoms with van der Waals surface area (Å²) in [6.07, 6.45) is 3.51. The first-order valence-corrected chi connectivity index (χ1v) is 10.1. The molecule has 2 unspecified atom stereocenters. The zero-order valence-corrected chi connectivity index (χ0v) is 15.1. The maximum Gasteiger partial charge on any atom is 0.335 e. The summed E-state index contributed by atoms with van der Waals surface area (Å²) in [5.41, 5.74) is 0.882. The van der Waals surface area contributed by atoms with E-state index in [0.29, 0.717) is 5.69 Å². The molecule has 2 aromatic rings. The van der Waals surface area contributed by atoms with Gasteiger partial charge in [-0.25, -0.2) is 17.9 Å². The maximum absolute atomic E-state index is 12.6. The minimum atomic E-state index is -3.59. The highest BCUT2D eigenvalue weighted by Gasteiger charge is 2.29. The Bertz CT molecular complexity index is 868. The first-order valence-electron chi connectivity index (χ1n) is 8.63. The van der Waals surface area contributed by atoms with E-state index in [1.54, 1.807) is 48.5 Å². The average Bonchev–Trinajstić information content (AvgIpc) is 2.64. The Labute approximate surface area is 153 Å². The van der Waals surface area contributed by atoms with Gasteiger partial charge in [-0.2, -0.15) is 0 Å². The standard InChI is InChI=1S/C19H22N2O4S/c22-19(23)14-7-6-8-15(13-14)20-17-11-4-5-12-18(17)21-26(24,25)16-9-2-1-3-10-16/h1-3,6-10,13,17-18,20-21H,4-5,11-12H2,(H,22,23). The van der Waals surface area contributed by atoms with E-state index >= 15 is 0 Å². The van der Waals surface area contributed by atoms with E-state index in [4.69, 9.17) is 5.11 Å². The number of carboxylic acids is 1. The third-order valence-corrected chi connectivity index (χ3v) is 6.09. The number of anilines is 1. The molecule has 1 aliphatic carbocycles. The molecule has 2 atom stereocenters. The lowest BCUT2D eigenvalue weighted by molar-refractivity contribution is 0.0697. The van der Waals surface area contributed by atoms with E-state index in [2.05, 4.69) is 10.0 Å². The van der Waals surface area contributed by atoms with Crippen LogP contribution >= 0.6 is 0 Å². The summed E-state index contributed by atoms with van der Waals surface area (Å²) in [6, 6.07) is 14.6. The first kappa shape index (κ1) is 18.4. The molecule has 3 N–H and O–H groups in total. The number of benzene rings is 2. The molecule has 3 rings (SSSR count). The van der Waals surface area contributed by atoms with Gasteiger partial charge in [0.2, 0.25) is 10.0 Å². The molecule has 26 heavy (non-hydrogen) atoms. The summed E-state index contributed by atoms with van der Waals surface area (Å²) in [6.45, 7) is 0. The lowest BCUT2D eigenvalue weighted by Crippen LogP contribution is -2.48. The number of sulfonamides is 1. The van der Waals surface area contributed by atoms with E-state index in [1.807, 2.05) is 0 Å². The topological polar surface area (TPSA) is 95.5 Å². The molecule has 2 aromatic carbocycles. The van der Waals surface area contributed by atoms with E-state index in [0.717, 1.165) is 25.7 Å². The van der Waals surface area contributed by atoms with Crippen molar-refractivity contribution in [3.63, 3.8) is 0 Å². The Hall–Kier alpha value is -2.38. The van der Waals surface area contributed by atoms with Crippen LogP contribution < -0.4 is 10.0 Å². The summed E-state index contributed by atoms with van der Waals surface area (Å²) >= 11 is 0. The van der Waals surface area contributed by atoms with Crippen molar-refractivity contribution in [2.45, 2.75) is 42.7 Å². The highest BCUT2D eigenvalue weighted by molar-refractivity contribution is 7.89. The molecule has 1 fully saturated rings. The monoisotopic (exact) mass is 374 g/mol. The highest BCUT2D eigenvalue weighted by Crippen LogP contribution is 2.24. The van der Waals surface area contributed by atoms with Crippen LogP contribution in [0.1, 0.15) is 36.0 Å². The second kappa shape index (κ2) is 7.88. The molecule has 7 heteroatoms. The molecule has 0 spiro atoms. The lowest BCUT2D eigenvalue weighted by Gasteiger charge is -2.33. The fraction of sp³-hybridized carbons (Fsp3) is 0.316. The van der Waals surface area contributed by atoms with Crippen molar-refractivity contribution in [1.82, 2.24) is 4.72 Å². The van der Waals surface area contributed by atoms with Crippen LogP contribution in [0.2, 0.25) is 0 Å². The number of nitrogens with one attached hydrogen (secondary N) is 2. The minimum Gasteiger partial charge on any atom is -0.478 e. The van der Waals surface area contributed by atoms with Crippen molar-refractivity contribution >= 4 is 21.7 Å². The van der Waals surface area contributed by atoms with Gasteiger partial charge in [0.25, 0.3) is 0 Å². The van der Waals surface area contributed by atoms with Crippen molar-refractivity contribution in [1.29, 1.82) is 0 Å². The van der Waals surface area contributed by atoms with Crippen LogP contribution in [0.15, 0.2) is 59.5 Å². The molecule has 0 radical (unpaired) electrons. The van der Waals surface area contributed by atoms with Crippen LogP contribution in [0.25, 0.3) is 0 Å². The van der Waals surface area contributed by atoms with Crippen LogP contribution in [0, 0.1) is 0 Å². The third kappa shape index (κ3) is 4.42. The van der Waals surface area contributed by atoms with Gasteiger partial charge in [0, 0.05) is 17.8 Å². The molecular weight excluding hydrogens is 352 g/mol. The van der Waals surface area contributed by atoms with Crippen LogP contribution in [0.3, 0.4) is 0 Å². The number of aromatic carboxylic acids is 1. The Morgan fingerprint density at radius 1 is 0.962 bits per heavy atom. The molecule has 138 valence electrons. The Morgan fingerprint density at radius 3 is 2.35 bits per heavy atom.